The van der Waals surface area contributed by atoms with Crippen LogP contribution in [-0.4, -0.2) is 31.6 Å². The average molecular weight is 529 g/mol. The van der Waals surface area contributed by atoms with Crippen LogP contribution < -0.4 is 21.1 Å². The van der Waals surface area contributed by atoms with Gasteiger partial charge in [-0.3, -0.25) is 4.98 Å². The number of pyridine rings is 1. The Morgan fingerprint density at radius 1 is 0.921 bits per heavy atom. The van der Waals surface area contributed by atoms with Gasteiger partial charge in [0.15, 0.2) is 9.84 Å². The molecule has 2 heterocycles. The summed E-state index contributed by atoms with van der Waals surface area (Å²) in [6, 6.07) is 27.3. The van der Waals surface area contributed by atoms with E-state index in [1.165, 1.54) is 0 Å². The molecule has 0 fully saturated rings. The van der Waals surface area contributed by atoms with Crippen molar-refractivity contribution in [2.24, 2.45) is 5.73 Å². The lowest BCUT2D eigenvalue weighted by Gasteiger charge is -2.11. The third kappa shape index (κ3) is 6.38. The van der Waals surface area contributed by atoms with Crippen molar-refractivity contribution in [3.05, 3.63) is 103 Å². The number of fused-ring (bicyclic) bond motifs is 1. The summed E-state index contributed by atoms with van der Waals surface area (Å²) in [5, 5.41) is 7.55. The molecule has 5 aromatic rings. The van der Waals surface area contributed by atoms with Gasteiger partial charge in [-0.25, -0.2) is 8.42 Å². The van der Waals surface area contributed by atoms with Crippen molar-refractivity contribution in [2.75, 3.05) is 23.5 Å². The first kappa shape index (κ1) is 25.5. The molecule has 0 amide bonds. The molecule has 0 radical (unpaired) electrons. The Bertz CT molecular complexity index is 1620. The smallest absolute Gasteiger partial charge is 0.164 e. The maximum Gasteiger partial charge on any atom is 0.164 e. The number of nitrogens with zero attached hydrogens (tertiary/aromatic N) is 1. The predicted octanol–water partition coefficient (Wildman–Crippen LogP) is 5.45. The molecule has 0 atom stereocenters. The molecule has 9 heteroatoms. The minimum atomic E-state index is -3.20. The van der Waals surface area contributed by atoms with E-state index in [1.807, 2.05) is 84.9 Å². The van der Waals surface area contributed by atoms with Gasteiger partial charge in [0.05, 0.1) is 23.4 Å². The fraction of sp³-hybridized carbons (Fsp3) is 0.138. The van der Waals surface area contributed by atoms with Gasteiger partial charge >= 0.3 is 0 Å². The van der Waals surface area contributed by atoms with Gasteiger partial charge in [-0.1, -0.05) is 18.2 Å². The lowest BCUT2D eigenvalue weighted by molar-refractivity contribution is 0.483. The highest BCUT2D eigenvalue weighted by atomic mass is 32.2. The molecule has 5 rings (SSSR count). The predicted molar refractivity (Wildman–Crippen MR) is 150 cm³/mol. The van der Waals surface area contributed by atoms with Crippen molar-refractivity contribution in [1.82, 2.24) is 10.3 Å². The Morgan fingerprint density at radius 3 is 2.50 bits per heavy atom. The monoisotopic (exact) mass is 528 g/mol. The van der Waals surface area contributed by atoms with Crippen LogP contribution in [0.1, 0.15) is 5.56 Å². The van der Waals surface area contributed by atoms with Crippen LogP contribution in [0.5, 0.6) is 11.5 Å². The Balaban J connectivity index is 1.28. The maximum atomic E-state index is 11.5. The molecule has 0 unspecified atom stereocenters. The van der Waals surface area contributed by atoms with Crippen molar-refractivity contribution in [2.45, 2.75) is 6.54 Å². The van der Waals surface area contributed by atoms with Crippen LogP contribution >= 0.6 is 0 Å². The normalized spacial score (nSPS) is 11.5. The minimum absolute atomic E-state index is 0.00440. The molecule has 0 bridgehead atoms. The van der Waals surface area contributed by atoms with E-state index in [1.54, 1.807) is 12.5 Å². The highest BCUT2D eigenvalue weighted by Gasteiger charge is 2.10. The highest BCUT2D eigenvalue weighted by molar-refractivity contribution is 7.91. The molecule has 0 aliphatic heterocycles. The molecule has 0 aliphatic rings. The zero-order valence-corrected chi connectivity index (χ0v) is 21.4. The van der Waals surface area contributed by atoms with E-state index in [0.29, 0.717) is 13.1 Å². The number of nitrogens with two attached hydrogens (primary N) is 1. The first-order chi connectivity index (χ1) is 18.5. The van der Waals surface area contributed by atoms with E-state index in [0.717, 1.165) is 50.7 Å². The second kappa shape index (κ2) is 11.5. The zero-order valence-electron chi connectivity index (χ0n) is 20.6. The summed E-state index contributed by atoms with van der Waals surface area (Å²) in [4.78, 5) is 4.50. The van der Waals surface area contributed by atoms with Crippen molar-refractivity contribution in [1.29, 1.82) is 0 Å². The summed E-state index contributed by atoms with van der Waals surface area (Å²) in [5.41, 5.74) is 9.79. The van der Waals surface area contributed by atoms with Gasteiger partial charge in [0, 0.05) is 47.2 Å². The molecule has 8 nitrogen and oxygen atoms in total. The van der Waals surface area contributed by atoms with Crippen LogP contribution in [0.4, 0.5) is 11.4 Å². The number of aromatic nitrogens is 1. The number of ether oxygens (including phenoxy) is 1. The van der Waals surface area contributed by atoms with Crippen molar-refractivity contribution in [3.63, 3.8) is 0 Å². The van der Waals surface area contributed by atoms with Crippen molar-refractivity contribution >= 4 is 32.1 Å². The van der Waals surface area contributed by atoms with Crippen LogP contribution in [0, 0.1) is 0 Å². The molecule has 0 saturated heterocycles. The first-order valence-electron chi connectivity index (χ1n) is 12.2. The first-order valence-corrected chi connectivity index (χ1v) is 14.0. The quantitative estimate of drug-likeness (QED) is 0.194. The number of sulfone groups is 1. The Morgan fingerprint density at radius 2 is 1.71 bits per heavy atom. The zero-order chi connectivity index (χ0) is 26.4. The average Bonchev–Trinajstić information content (AvgIpc) is 3.42. The van der Waals surface area contributed by atoms with E-state index in [4.69, 9.17) is 14.9 Å². The van der Waals surface area contributed by atoms with Crippen LogP contribution in [0.15, 0.2) is 102 Å². The molecule has 3 aromatic carbocycles. The fourth-order valence-corrected chi connectivity index (χ4v) is 4.58. The molecule has 0 spiro atoms. The van der Waals surface area contributed by atoms with Crippen LogP contribution in [0.3, 0.4) is 0 Å². The topological polar surface area (TPSA) is 119 Å². The summed E-state index contributed by atoms with van der Waals surface area (Å²) < 4.78 is 34.8. The molecule has 2 aromatic heterocycles. The largest absolute Gasteiger partial charge is 0.464 e. The lowest BCUT2D eigenvalue weighted by Crippen LogP contribution is -2.26. The van der Waals surface area contributed by atoms with Crippen LogP contribution in [0.2, 0.25) is 0 Å². The number of rotatable bonds is 11. The summed E-state index contributed by atoms with van der Waals surface area (Å²) in [5.74, 6) is 1.93. The van der Waals surface area contributed by atoms with E-state index in [-0.39, 0.29) is 11.6 Å². The fourth-order valence-electron chi connectivity index (χ4n) is 3.96. The molecular weight excluding hydrogens is 500 g/mol. The van der Waals surface area contributed by atoms with E-state index in [9.17, 15) is 8.42 Å². The number of para-hydroxylation sites is 1. The molecule has 38 heavy (non-hydrogen) atoms. The standard InChI is InChI=1S/C29H28N4O4S/c30-20-38(34,35)15-14-31-18-21-16-29(36-19-21)22-6-11-27-26(17-22)28(12-13-32-27)33-23-7-9-25(10-8-23)37-24-4-2-1-3-5-24/h1-13,16-17,19,31H,14-15,18,20,30H2,(H,32,33). The number of nitrogens with one attached hydrogen (secondary N) is 2. The number of benzene rings is 3. The van der Waals surface area contributed by atoms with Gasteiger partial charge in [0.1, 0.15) is 17.3 Å². The molecule has 4 N–H and O–H groups in total. The minimum Gasteiger partial charge on any atom is -0.464 e. The summed E-state index contributed by atoms with van der Waals surface area (Å²) in [6.07, 6.45) is 3.45. The van der Waals surface area contributed by atoms with Crippen LogP contribution in [-0.2, 0) is 16.4 Å². The van der Waals surface area contributed by atoms with Gasteiger partial charge in [0.25, 0.3) is 0 Å². The number of hydrogen-bond donors (Lipinski definition) is 3. The van der Waals surface area contributed by atoms with Crippen molar-refractivity contribution in [3.8, 4) is 22.8 Å². The van der Waals surface area contributed by atoms with E-state index in [2.05, 4.69) is 15.6 Å². The summed E-state index contributed by atoms with van der Waals surface area (Å²) in [7, 11) is -3.20. The van der Waals surface area contributed by atoms with Gasteiger partial charge in [0.2, 0.25) is 0 Å². The number of anilines is 2. The summed E-state index contributed by atoms with van der Waals surface area (Å²) in [6.45, 7) is 0.825. The van der Waals surface area contributed by atoms with Gasteiger partial charge in [-0.2, -0.15) is 0 Å². The lowest BCUT2D eigenvalue weighted by atomic mass is 10.1. The summed E-state index contributed by atoms with van der Waals surface area (Å²) >= 11 is 0. The van der Waals surface area contributed by atoms with Crippen molar-refractivity contribution < 1.29 is 17.6 Å². The SMILES string of the molecule is NCS(=O)(=O)CCNCc1coc(-c2ccc3nccc(Nc4ccc(Oc5ccccc5)cc4)c3c2)c1. The Labute approximate surface area is 221 Å². The third-order valence-electron chi connectivity index (χ3n) is 5.96. The van der Waals surface area contributed by atoms with Crippen LogP contribution in [0.25, 0.3) is 22.2 Å². The maximum absolute atomic E-state index is 11.5. The molecule has 0 aliphatic carbocycles. The highest BCUT2D eigenvalue weighted by Crippen LogP contribution is 2.31. The van der Waals surface area contributed by atoms with Gasteiger partial charge < -0.3 is 25.5 Å². The second-order valence-corrected chi connectivity index (χ2v) is 11.0. The molecule has 194 valence electrons. The van der Waals surface area contributed by atoms with Gasteiger partial charge in [-0.15, -0.1) is 0 Å². The van der Waals surface area contributed by atoms with E-state index < -0.39 is 9.84 Å². The number of furan rings is 1. The second-order valence-electron chi connectivity index (χ2n) is 8.77. The molecule has 0 saturated carbocycles. The molecular formula is C29H28N4O4S. The third-order valence-corrected chi connectivity index (χ3v) is 7.30. The van der Waals surface area contributed by atoms with E-state index >= 15 is 0 Å². The Kier molecular flexibility index (Phi) is 7.69. The van der Waals surface area contributed by atoms with Gasteiger partial charge in [-0.05, 0) is 66.7 Å². The Hall–Kier alpha value is -4.18. The number of hydrogen-bond acceptors (Lipinski definition) is 8.